The van der Waals surface area contributed by atoms with E-state index in [4.69, 9.17) is 26.0 Å². The number of aliphatic carboxylic acids is 1. The lowest BCUT2D eigenvalue weighted by Crippen LogP contribution is -2.07. The molecule has 26 heavy (non-hydrogen) atoms. The number of ether oxygens (including phenoxy) is 1. The first-order valence-electron chi connectivity index (χ1n) is 8.08. The van der Waals surface area contributed by atoms with Crippen LogP contribution in [-0.2, 0) is 11.2 Å². The summed E-state index contributed by atoms with van der Waals surface area (Å²) in [5.74, 6) is 1.34. The van der Waals surface area contributed by atoms with Gasteiger partial charge in [-0.1, -0.05) is 23.7 Å². The van der Waals surface area contributed by atoms with Gasteiger partial charge < -0.3 is 14.4 Å². The van der Waals surface area contributed by atoms with E-state index in [0.717, 1.165) is 5.56 Å². The standard InChI is InChI=1S/C19H17ClN2O4/c1-12(11-18(23)24)10-17-21-19(22-26-17)13-2-6-15(7-3-13)25-16-8-4-14(20)5-9-16/h2-9,12H,10-11H2,1H3,(H,23,24)/t12-/m1/s1. The fourth-order valence-electron chi connectivity index (χ4n) is 2.43. The number of aromatic nitrogens is 2. The molecule has 2 aromatic carbocycles. The van der Waals surface area contributed by atoms with Crippen molar-refractivity contribution in [3.8, 4) is 22.9 Å². The molecular formula is C19H17ClN2O4. The molecule has 1 N–H and O–H groups in total. The molecule has 0 saturated heterocycles. The van der Waals surface area contributed by atoms with Crippen LogP contribution in [0.25, 0.3) is 11.4 Å². The molecule has 1 aromatic heterocycles. The van der Waals surface area contributed by atoms with E-state index in [1.54, 1.807) is 24.3 Å². The summed E-state index contributed by atoms with van der Waals surface area (Å²) in [6, 6.07) is 14.4. The number of rotatable bonds is 7. The number of nitrogens with zero attached hydrogens (tertiary/aromatic N) is 2. The summed E-state index contributed by atoms with van der Waals surface area (Å²) in [5.41, 5.74) is 0.786. The van der Waals surface area contributed by atoms with Crippen LogP contribution < -0.4 is 4.74 Å². The first-order chi connectivity index (χ1) is 12.5. The Kier molecular flexibility index (Phi) is 5.53. The van der Waals surface area contributed by atoms with Crippen LogP contribution in [0.15, 0.2) is 53.1 Å². The second kappa shape index (κ2) is 8.01. The van der Waals surface area contributed by atoms with E-state index in [0.29, 0.717) is 34.7 Å². The second-order valence-corrected chi connectivity index (χ2v) is 6.44. The number of halogens is 1. The zero-order chi connectivity index (χ0) is 18.5. The number of hydrogen-bond donors (Lipinski definition) is 1. The van der Waals surface area contributed by atoms with Crippen molar-refractivity contribution in [1.82, 2.24) is 10.1 Å². The fraction of sp³-hybridized carbons (Fsp3) is 0.211. The van der Waals surface area contributed by atoms with Gasteiger partial charge in [0.2, 0.25) is 11.7 Å². The number of hydrogen-bond acceptors (Lipinski definition) is 5. The Bertz CT molecular complexity index is 875. The van der Waals surface area contributed by atoms with E-state index < -0.39 is 5.97 Å². The van der Waals surface area contributed by atoms with E-state index >= 15 is 0 Å². The molecule has 6 nitrogen and oxygen atoms in total. The van der Waals surface area contributed by atoms with Gasteiger partial charge >= 0.3 is 5.97 Å². The highest BCUT2D eigenvalue weighted by Gasteiger charge is 2.14. The highest BCUT2D eigenvalue weighted by Crippen LogP contribution is 2.26. The van der Waals surface area contributed by atoms with Gasteiger partial charge in [0, 0.05) is 23.4 Å². The molecule has 7 heteroatoms. The molecule has 0 amide bonds. The van der Waals surface area contributed by atoms with E-state index in [1.165, 1.54) is 0 Å². The molecule has 0 aliphatic rings. The Balaban J connectivity index is 1.65. The van der Waals surface area contributed by atoms with E-state index in [-0.39, 0.29) is 12.3 Å². The summed E-state index contributed by atoms with van der Waals surface area (Å²) < 4.78 is 11.0. The third-order valence-corrected chi connectivity index (χ3v) is 3.93. The summed E-state index contributed by atoms with van der Waals surface area (Å²) in [6.45, 7) is 1.83. The largest absolute Gasteiger partial charge is 0.481 e. The van der Waals surface area contributed by atoms with Crippen molar-refractivity contribution in [2.24, 2.45) is 5.92 Å². The molecule has 1 atom stereocenters. The van der Waals surface area contributed by atoms with Crippen molar-refractivity contribution in [2.75, 3.05) is 0 Å². The molecule has 0 radical (unpaired) electrons. The van der Waals surface area contributed by atoms with Gasteiger partial charge in [-0.25, -0.2) is 0 Å². The van der Waals surface area contributed by atoms with Crippen molar-refractivity contribution >= 4 is 17.6 Å². The van der Waals surface area contributed by atoms with Crippen LogP contribution in [0.4, 0.5) is 0 Å². The summed E-state index contributed by atoms with van der Waals surface area (Å²) in [4.78, 5) is 15.0. The van der Waals surface area contributed by atoms with Crippen molar-refractivity contribution in [2.45, 2.75) is 19.8 Å². The Morgan fingerprint density at radius 2 is 1.77 bits per heavy atom. The topological polar surface area (TPSA) is 85.5 Å². The SMILES string of the molecule is C[C@@H](CC(=O)O)Cc1nc(-c2ccc(Oc3ccc(Cl)cc3)cc2)no1. The Labute approximate surface area is 155 Å². The quantitative estimate of drug-likeness (QED) is 0.639. The lowest BCUT2D eigenvalue weighted by molar-refractivity contribution is -0.137. The molecule has 3 rings (SSSR count). The normalized spacial score (nSPS) is 11.9. The number of carboxylic acids is 1. The molecule has 0 unspecified atom stereocenters. The Morgan fingerprint density at radius 3 is 2.38 bits per heavy atom. The Morgan fingerprint density at radius 1 is 1.15 bits per heavy atom. The average Bonchev–Trinajstić information content (AvgIpc) is 3.05. The number of benzene rings is 2. The van der Waals surface area contributed by atoms with Gasteiger partial charge in [-0.2, -0.15) is 4.98 Å². The van der Waals surface area contributed by atoms with Gasteiger partial charge in [-0.05, 0) is 54.4 Å². The molecule has 0 spiro atoms. The molecule has 0 fully saturated rings. The third-order valence-electron chi connectivity index (χ3n) is 3.68. The van der Waals surface area contributed by atoms with Gasteiger partial charge in [-0.3, -0.25) is 4.79 Å². The summed E-state index contributed by atoms with van der Waals surface area (Å²) >= 11 is 5.85. The molecule has 134 valence electrons. The lowest BCUT2D eigenvalue weighted by Gasteiger charge is -2.05. The maximum absolute atomic E-state index is 10.7. The predicted octanol–water partition coefficient (Wildman–Crippen LogP) is 4.84. The number of carboxylic acid groups (broad SMARTS) is 1. The molecular weight excluding hydrogens is 356 g/mol. The fourth-order valence-corrected chi connectivity index (χ4v) is 2.56. The molecule has 0 aliphatic heterocycles. The minimum atomic E-state index is -0.839. The summed E-state index contributed by atoms with van der Waals surface area (Å²) in [6.07, 6.45) is 0.492. The van der Waals surface area contributed by atoms with Crippen LogP contribution in [0.3, 0.4) is 0 Å². The van der Waals surface area contributed by atoms with E-state index in [9.17, 15) is 4.79 Å². The van der Waals surface area contributed by atoms with Gasteiger partial charge in [0.05, 0.1) is 0 Å². The maximum atomic E-state index is 10.7. The van der Waals surface area contributed by atoms with E-state index in [1.807, 2.05) is 31.2 Å². The van der Waals surface area contributed by atoms with Crippen LogP contribution in [-0.4, -0.2) is 21.2 Å². The molecule has 0 aliphatic carbocycles. The van der Waals surface area contributed by atoms with Crippen LogP contribution in [0.5, 0.6) is 11.5 Å². The van der Waals surface area contributed by atoms with Crippen molar-refractivity contribution in [3.05, 3.63) is 59.4 Å². The van der Waals surface area contributed by atoms with E-state index in [2.05, 4.69) is 10.1 Å². The lowest BCUT2D eigenvalue weighted by atomic mass is 10.0. The van der Waals surface area contributed by atoms with Gasteiger partial charge in [0.25, 0.3) is 0 Å². The minimum absolute atomic E-state index is 0.0639. The first kappa shape index (κ1) is 17.9. The smallest absolute Gasteiger partial charge is 0.303 e. The molecule has 3 aromatic rings. The Hall–Kier alpha value is -2.86. The highest BCUT2D eigenvalue weighted by molar-refractivity contribution is 6.30. The average molecular weight is 373 g/mol. The maximum Gasteiger partial charge on any atom is 0.303 e. The van der Waals surface area contributed by atoms with Gasteiger partial charge in [0.1, 0.15) is 11.5 Å². The second-order valence-electron chi connectivity index (χ2n) is 6.00. The van der Waals surface area contributed by atoms with Gasteiger partial charge in [-0.15, -0.1) is 0 Å². The third kappa shape index (κ3) is 4.83. The summed E-state index contributed by atoms with van der Waals surface area (Å²) in [7, 11) is 0. The zero-order valence-electron chi connectivity index (χ0n) is 14.1. The minimum Gasteiger partial charge on any atom is -0.481 e. The zero-order valence-corrected chi connectivity index (χ0v) is 14.8. The van der Waals surface area contributed by atoms with Crippen molar-refractivity contribution in [1.29, 1.82) is 0 Å². The van der Waals surface area contributed by atoms with Crippen LogP contribution in [0.1, 0.15) is 19.2 Å². The monoisotopic (exact) mass is 372 g/mol. The first-order valence-corrected chi connectivity index (χ1v) is 8.45. The predicted molar refractivity (Wildman–Crippen MR) is 96.4 cm³/mol. The summed E-state index contributed by atoms with van der Waals surface area (Å²) in [5, 5.41) is 13.4. The molecule has 1 heterocycles. The number of carbonyl (C=O) groups is 1. The van der Waals surface area contributed by atoms with Crippen molar-refractivity contribution in [3.63, 3.8) is 0 Å². The van der Waals surface area contributed by atoms with Crippen molar-refractivity contribution < 1.29 is 19.2 Å². The molecule has 0 saturated carbocycles. The van der Waals surface area contributed by atoms with Crippen LogP contribution in [0.2, 0.25) is 5.02 Å². The van der Waals surface area contributed by atoms with Crippen LogP contribution >= 0.6 is 11.6 Å². The highest BCUT2D eigenvalue weighted by atomic mass is 35.5. The molecule has 0 bridgehead atoms. The van der Waals surface area contributed by atoms with Crippen LogP contribution in [0, 0.1) is 5.92 Å². The van der Waals surface area contributed by atoms with Gasteiger partial charge in [0.15, 0.2) is 0 Å².